The lowest BCUT2D eigenvalue weighted by Gasteiger charge is -2.07. The van der Waals surface area contributed by atoms with Crippen molar-refractivity contribution >= 4 is 24.2 Å². The maximum absolute atomic E-state index is 11.5. The van der Waals surface area contributed by atoms with Crippen molar-refractivity contribution < 1.29 is 14.3 Å². The van der Waals surface area contributed by atoms with Gasteiger partial charge in [0, 0.05) is 19.5 Å². The number of hydrogen-bond donors (Lipinski definition) is 3. The van der Waals surface area contributed by atoms with E-state index >= 15 is 0 Å². The van der Waals surface area contributed by atoms with E-state index < -0.39 is 0 Å². The Morgan fingerprint density at radius 3 is 2.35 bits per heavy atom. The summed E-state index contributed by atoms with van der Waals surface area (Å²) in [6.07, 6.45) is 0.228. The molecule has 0 atom stereocenters. The first-order chi connectivity index (χ1) is 9.15. The summed E-state index contributed by atoms with van der Waals surface area (Å²) in [5.41, 5.74) is 6.18. The predicted octanol–water partition coefficient (Wildman–Crippen LogP) is 0.198. The van der Waals surface area contributed by atoms with Crippen LogP contribution in [-0.2, 0) is 16.1 Å². The van der Waals surface area contributed by atoms with E-state index in [1.807, 2.05) is 24.3 Å². The molecule has 1 aromatic rings. The van der Waals surface area contributed by atoms with Crippen LogP contribution >= 0.6 is 12.4 Å². The fourth-order valence-electron chi connectivity index (χ4n) is 1.40. The van der Waals surface area contributed by atoms with Gasteiger partial charge in [-0.3, -0.25) is 9.59 Å². The summed E-state index contributed by atoms with van der Waals surface area (Å²) >= 11 is 0. The highest BCUT2D eigenvalue weighted by Gasteiger charge is 2.04. The minimum atomic E-state index is -0.235. The van der Waals surface area contributed by atoms with Crippen molar-refractivity contribution in [3.63, 3.8) is 0 Å². The average Bonchev–Trinajstić information content (AvgIpc) is 2.44. The van der Waals surface area contributed by atoms with E-state index in [2.05, 4.69) is 10.6 Å². The van der Waals surface area contributed by atoms with Crippen molar-refractivity contribution in [3.05, 3.63) is 29.8 Å². The van der Waals surface area contributed by atoms with Gasteiger partial charge in [-0.1, -0.05) is 12.1 Å². The summed E-state index contributed by atoms with van der Waals surface area (Å²) in [5, 5.41) is 5.20. The molecule has 0 radical (unpaired) electrons. The van der Waals surface area contributed by atoms with Gasteiger partial charge < -0.3 is 21.1 Å². The summed E-state index contributed by atoms with van der Waals surface area (Å²) in [7, 11) is 1.60. The summed E-state index contributed by atoms with van der Waals surface area (Å²) in [6.45, 7) is 0.657. The number of carbonyl (C=O) groups excluding carboxylic acids is 2. The van der Waals surface area contributed by atoms with Gasteiger partial charge in [0.25, 0.3) is 0 Å². The highest BCUT2D eigenvalue weighted by atomic mass is 35.5. The number of nitrogens with one attached hydrogen (secondary N) is 2. The molecule has 6 nitrogen and oxygen atoms in total. The van der Waals surface area contributed by atoms with Crippen molar-refractivity contribution in [3.8, 4) is 5.75 Å². The van der Waals surface area contributed by atoms with E-state index in [0.717, 1.165) is 11.3 Å². The van der Waals surface area contributed by atoms with Gasteiger partial charge in [0.15, 0.2) is 0 Å². The number of benzene rings is 1. The Kier molecular flexibility index (Phi) is 9.15. The van der Waals surface area contributed by atoms with Crippen molar-refractivity contribution in [2.75, 3.05) is 20.2 Å². The van der Waals surface area contributed by atoms with E-state index in [-0.39, 0.29) is 43.7 Å². The van der Waals surface area contributed by atoms with E-state index in [1.165, 1.54) is 0 Å². The Labute approximate surface area is 124 Å². The SMILES string of the molecule is COc1ccc(CNC(=O)CNC(=O)CCN)cc1.Cl. The Morgan fingerprint density at radius 1 is 1.15 bits per heavy atom. The smallest absolute Gasteiger partial charge is 0.239 e. The third kappa shape index (κ3) is 6.96. The first-order valence-corrected chi connectivity index (χ1v) is 6.02. The largest absolute Gasteiger partial charge is 0.497 e. The molecule has 0 spiro atoms. The van der Waals surface area contributed by atoms with Crippen LogP contribution in [0.15, 0.2) is 24.3 Å². The molecule has 0 aromatic heterocycles. The molecule has 0 saturated heterocycles. The highest BCUT2D eigenvalue weighted by molar-refractivity contribution is 5.85. The van der Waals surface area contributed by atoms with Crippen LogP contribution in [0.5, 0.6) is 5.75 Å². The van der Waals surface area contributed by atoms with Gasteiger partial charge in [-0.2, -0.15) is 0 Å². The molecule has 0 aliphatic heterocycles. The van der Waals surface area contributed by atoms with E-state index in [4.69, 9.17) is 10.5 Å². The van der Waals surface area contributed by atoms with Crippen LogP contribution in [0, 0.1) is 0 Å². The number of methoxy groups -OCH3 is 1. The van der Waals surface area contributed by atoms with E-state index in [1.54, 1.807) is 7.11 Å². The molecule has 0 bridgehead atoms. The molecule has 1 rings (SSSR count). The topological polar surface area (TPSA) is 93.5 Å². The van der Waals surface area contributed by atoms with Crippen molar-refractivity contribution in [2.45, 2.75) is 13.0 Å². The van der Waals surface area contributed by atoms with Crippen molar-refractivity contribution in [1.82, 2.24) is 10.6 Å². The zero-order valence-corrected chi connectivity index (χ0v) is 12.2. The third-order valence-corrected chi connectivity index (χ3v) is 2.47. The van der Waals surface area contributed by atoms with Gasteiger partial charge in [-0.15, -0.1) is 12.4 Å². The van der Waals surface area contributed by atoms with Crippen LogP contribution in [0.1, 0.15) is 12.0 Å². The second-order valence-electron chi connectivity index (χ2n) is 3.94. The molecule has 2 amide bonds. The molecule has 0 saturated carbocycles. The standard InChI is InChI=1S/C13H19N3O3.ClH/c1-19-11-4-2-10(3-5-11)8-15-13(18)9-16-12(17)6-7-14;/h2-5H,6-9,14H2,1H3,(H,15,18)(H,16,17);1H. The molecule has 7 heteroatoms. The summed E-state index contributed by atoms with van der Waals surface area (Å²) in [5.74, 6) is 0.312. The van der Waals surface area contributed by atoms with Crippen LogP contribution in [0.4, 0.5) is 0 Å². The fraction of sp³-hybridized carbons (Fsp3) is 0.385. The van der Waals surface area contributed by atoms with Crippen molar-refractivity contribution in [2.24, 2.45) is 5.73 Å². The van der Waals surface area contributed by atoms with Gasteiger partial charge in [-0.25, -0.2) is 0 Å². The van der Waals surface area contributed by atoms with Gasteiger partial charge >= 0.3 is 0 Å². The summed E-state index contributed by atoms with van der Waals surface area (Å²) in [4.78, 5) is 22.6. The lowest BCUT2D eigenvalue weighted by molar-refractivity contribution is -0.126. The molecule has 0 unspecified atom stereocenters. The molecule has 4 N–H and O–H groups in total. The highest BCUT2D eigenvalue weighted by Crippen LogP contribution is 2.10. The second-order valence-corrected chi connectivity index (χ2v) is 3.94. The van der Waals surface area contributed by atoms with Crippen LogP contribution < -0.4 is 21.1 Å². The predicted molar refractivity (Wildman–Crippen MR) is 78.8 cm³/mol. The normalized spacial score (nSPS) is 9.30. The van der Waals surface area contributed by atoms with Gasteiger partial charge in [0.1, 0.15) is 5.75 Å². The van der Waals surface area contributed by atoms with Crippen molar-refractivity contribution in [1.29, 1.82) is 0 Å². The zero-order chi connectivity index (χ0) is 14.1. The molecule has 112 valence electrons. The number of hydrogen-bond acceptors (Lipinski definition) is 4. The molecular weight excluding hydrogens is 282 g/mol. The number of halogens is 1. The maximum Gasteiger partial charge on any atom is 0.239 e. The quantitative estimate of drug-likeness (QED) is 0.670. The first-order valence-electron chi connectivity index (χ1n) is 6.02. The van der Waals surface area contributed by atoms with Crippen LogP contribution in [-0.4, -0.2) is 32.0 Å². The van der Waals surface area contributed by atoms with Gasteiger partial charge in [0.2, 0.25) is 11.8 Å². The lowest BCUT2D eigenvalue weighted by Crippen LogP contribution is -2.37. The molecule has 1 aromatic carbocycles. The number of nitrogens with two attached hydrogens (primary N) is 1. The average molecular weight is 302 g/mol. The first kappa shape index (κ1) is 18.2. The van der Waals surface area contributed by atoms with E-state index in [9.17, 15) is 9.59 Å². The number of ether oxygens (including phenoxy) is 1. The lowest BCUT2D eigenvalue weighted by atomic mass is 10.2. The van der Waals surface area contributed by atoms with Crippen LogP contribution in [0.2, 0.25) is 0 Å². The van der Waals surface area contributed by atoms with Gasteiger partial charge in [0.05, 0.1) is 13.7 Å². The Hall–Kier alpha value is -1.79. The van der Waals surface area contributed by atoms with Gasteiger partial charge in [-0.05, 0) is 17.7 Å². The fourth-order valence-corrected chi connectivity index (χ4v) is 1.40. The molecule has 0 aliphatic carbocycles. The second kappa shape index (κ2) is 10.1. The third-order valence-electron chi connectivity index (χ3n) is 2.47. The molecule has 0 fully saturated rings. The molecule has 20 heavy (non-hydrogen) atoms. The molecule has 0 heterocycles. The molecular formula is C13H20ClN3O3. The van der Waals surface area contributed by atoms with Crippen LogP contribution in [0.25, 0.3) is 0 Å². The summed E-state index contributed by atoms with van der Waals surface area (Å²) in [6, 6.07) is 7.38. The monoisotopic (exact) mass is 301 g/mol. The number of carbonyl (C=O) groups is 2. The number of rotatable bonds is 7. The van der Waals surface area contributed by atoms with Crippen LogP contribution in [0.3, 0.4) is 0 Å². The Morgan fingerprint density at radius 2 is 1.80 bits per heavy atom. The Bertz CT molecular complexity index is 423. The zero-order valence-electron chi connectivity index (χ0n) is 11.3. The van der Waals surface area contributed by atoms with E-state index in [0.29, 0.717) is 6.54 Å². The number of amides is 2. The minimum Gasteiger partial charge on any atom is -0.497 e. The minimum absolute atomic E-state index is 0. The molecule has 0 aliphatic rings. The maximum atomic E-state index is 11.5. The Balaban J connectivity index is 0.00000361. The summed E-state index contributed by atoms with van der Waals surface area (Å²) < 4.78 is 5.04.